The van der Waals surface area contributed by atoms with Gasteiger partial charge in [0.25, 0.3) is 0 Å². The minimum absolute atomic E-state index is 0.368. The molecule has 0 aliphatic heterocycles. The smallest absolute Gasteiger partial charge is 0.134 e. The number of aromatic nitrogens is 1. The quantitative estimate of drug-likeness (QED) is 0.761. The maximum absolute atomic E-state index is 4.47. The average Bonchev–Trinajstić information content (AvgIpc) is 2.92. The number of pyridine rings is 1. The van der Waals surface area contributed by atoms with Gasteiger partial charge in [-0.3, -0.25) is 0 Å². The van der Waals surface area contributed by atoms with Crippen molar-refractivity contribution in [3.63, 3.8) is 0 Å². The van der Waals surface area contributed by atoms with E-state index in [-0.39, 0.29) is 0 Å². The fourth-order valence-electron chi connectivity index (χ4n) is 2.28. The third kappa shape index (κ3) is 2.76. The first-order chi connectivity index (χ1) is 9.33. The predicted octanol–water partition coefficient (Wildman–Crippen LogP) is 4.34. The van der Waals surface area contributed by atoms with Crippen molar-refractivity contribution in [2.75, 3.05) is 5.32 Å². The van der Waals surface area contributed by atoms with Gasteiger partial charge in [0.1, 0.15) is 5.82 Å². The number of hydrogen-bond donors (Lipinski definition) is 1. The molecule has 0 amide bonds. The van der Waals surface area contributed by atoms with Crippen LogP contribution in [0.25, 0.3) is 10.8 Å². The van der Waals surface area contributed by atoms with Gasteiger partial charge in [-0.05, 0) is 47.2 Å². The molecule has 3 heteroatoms. The van der Waals surface area contributed by atoms with Crippen LogP contribution in [0.5, 0.6) is 0 Å². The van der Waals surface area contributed by atoms with Crippen LogP contribution < -0.4 is 5.32 Å². The maximum atomic E-state index is 4.47. The Morgan fingerprint density at radius 1 is 1.21 bits per heavy atom. The highest BCUT2D eigenvalue weighted by atomic mass is 32.1. The number of fused-ring (bicyclic) bond motifs is 1. The van der Waals surface area contributed by atoms with E-state index in [1.807, 2.05) is 12.3 Å². The Kier molecular flexibility index (Phi) is 3.47. The van der Waals surface area contributed by atoms with Crippen molar-refractivity contribution >= 4 is 27.9 Å². The van der Waals surface area contributed by atoms with E-state index in [9.17, 15) is 0 Å². The molecule has 0 radical (unpaired) electrons. The van der Waals surface area contributed by atoms with Crippen molar-refractivity contribution in [2.45, 2.75) is 19.4 Å². The number of rotatable bonds is 4. The number of nitrogens with one attached hydrogen (secondary N) is 1. The molecule has 96 valence electrons. The second-order valence-corrected chi connectivity index (χ2v) is 5.54. The molecule has 0 saturated heterocycles. The first kappa shape index (κ1) is 12.2. The van der Waals surface area contributed by atoms with E-state index in [1.165, 1.54) is 16.3 Å². The van der Waals surface area contributed by atoms with E-state index in [0.717, 1.165) is 12.2 Å². The van der Waals surface area contributed by atoms with Crippen LogP contribution in [-0.4, -0.2) is 11.0 Å². The Labute approximate surface area is 117 Å². The highest BCUT2D eigenvalue weighted by Crippen LogP contribution is 2.21. The Bertz CT molecular complexity index is 656. The summed E-state index contributed by atoms with van der Waals surface area (Å²) in [5, 5.41) is 10.3. The molecule has 1 unspecified atom stereocenters. The molecule has 0 bridgehead atoms. The minimum Gasteiger partial charge on any atom is -0.367 e. The molecule has 3 aromatic rings. The second-order valence-electron chi connectivity index (χ2n) is 4.76. The largest absolute Gasteiger partial charge is 0.367 e. The summed E-state index contributed by atoms with van der Waals surface area (Å²) < 4.78 is 0. The third-order valence-electron chi connectivity index (χ3n) is 3.18. The Morgan fingerprint density at radius 3 is 2.95 bits per heavy atom. The lowest BCUT2D eigenvalue weighted by Crippen LogP contribution is -2.18. The molecule has 0 spiro atoms. The van der Waals surface area contributed by atoms with Gasteiger partial charge in [-0.1, -0.05) is 24.3 Å². The van der Waals surface area contributed by atoms with Crippen LogP contribution in [-0.2, 0) is 6.42 Å². The lowest BCUT2D eigenvalue weighted by molar-refractivity contribution is 0.788. The minimum atomic E-state index is 0.368. The monoisotopic (exact) mass is 268 g/mol. The summed E-state index contributed by atoms with van der Waals surface area (Å²) in [6, 6.07) is 12.9. The number of benzene rings is 1. The van der Waals surface area contributed by atoms with Gasteiger partial charge in [0.2, 0.25) is 0 Å². The third-order valence-corrected chi connectivity index (χ3v) is 3.91. The molecule has 0 aliphatic rings. The summed E-state index contributed by atoms with van der Waals surface area (Å²) >= 11 is 1.75. The summed E-state index contributed by atoms with van der Waals surface area (Å²) in [4.78, 5) is 4.47. The molecule has 2 heterocycles. The number of nitrogens with zero attached hydrogens (tertiary/aromatic N) is 1. The highest BCUT2D eigenvalue weighted by Gasteiger charge is 2.07. The van der Waals surface area contributed by atoms with Crippen LogP contribution in [0.3, 0.4) is 0 Å². The molecular weight excluding hydrogens is 252 g/mol. The molecule has 19 heavy (non-hydrogen) atoms. The zero-order chi connectivity index (χ0) is 13.1. The van der Waals surface area contributed by atoms with Crippen LogP contribution in [0.2, 0.25) is 0 Å². The standard InChI is InChI=1S/C16H16N2S/c1-12(10-13-7-9-19-11-13)18-16-15-5-3-2-4-14(15)6-8-17-16/h2-9,11-12H,10H2,1H3,(H,17,18). The zero-order valence-corrected chi connectivity index (χ0v) is 11.7. The van der Waals surface area contributed by atoms with Gasteiger partial charge in [-0.15, -0.1) is 0 Å². The Balaban J connectivity index is 1.81. The van der Waals surface area contributed by atoms with E-state index in [1.54, 1.807) is 11.3 Å². The molecule has 0 fully saturated rings. The number of hydrogen-bond acceptors (Lipinski definition) is 3. The normalized spacial score (nSPS) is 12.5. The van der Waals surface area contributed by atoms with Gasteiger partial charge in [0.05, 0.1) is 0 Å². The summed E-state index contributed by atoms with van der Waals surface area (Å²) in [6.45, 7) is 2.20. The van der Waals surface area contributed by atoms with Crippen molar-refractivity contribution in [3.8, 4) is 0 Å². The molecule has 0 aliphatic carbocycles. The van der Waals surface area contributed by atoms with Crippen LogP contribution in [0.15, 0.2) is 53.4 Å². The van der Waals surface area contributed by atoms with Crippen molar-refractivity contribution < 1.29 is 0 Å². The number of anilines is 1. The van der Waals surface area contributed by atoms with Crippen LogP contribution in [0.4, 0.5) is 5.82 Å². The molecular formula is C16H16N2S. The first-order valence-electron chi connectivity index (χ1n) is 6.44. The number of thiophene rings is 1. The Morgan fingerprint density at radius 2 is 2.11 bits per heavy atom. The summed E-state index contributed by atoms with van der Waals surface area (Å²) in [5.74, 6) is 0.973. The fraction of sp³-hybridized carbons (Fsp3) is 0.188. The SMILES string of the molecule is CC(Cc1ccsc1)Nc1nccc2ccccc12. The lowest BCUT2D eigenvalue weighted by atomic mass is 10.1. The van der Waals surface area contributed by atoms with E-state index in [2.05, 4.69) is 58.3 Å². The van der Waals surface area contributed by atoms with Gasteiger partial charge in [0, 0.05) is 17.6 Å². The molecule has 1 N–H and O–H groups in total. The van der Waals surface area contributed by atoms with E-state index < -0.39 is 0 Å². The van der Waals surface area contributed by atoms with Gasteiger partial charge < -0.3 is 5.32 Å². The van der Waals surface area contributed by atoms with Gasteiger partial charge in [-0.25, -0.2) is 4.98 Å². The topological polar surface area (TPSA) is 24.9 Å². The first-order valence-corrected chi connectivity index (χ1v) is 7.38. The lowest BCUT2D eigenvalue weighted by Gasteiger charge is -2.15. The fourth-order valence-corrected chi connectivity index (χ4v) is 2.96. The molecule has 1 atom stereocenters. The Hall–Kier alpha value is -1.87. The van der Waals surface area contributed by atoms with Gasteiger partial charge in [-0.2, -0.15) is 11.3 Å². The van der Waals surface area contributed by atoms with Crippen molar-refractivity contribution in [2.24, 2.45) is 0 Å². The van der Waals surface area contributed by atoms with E-state index >= 15 is 0 Å². The molecule has 2 nitrogen and oxygen atoms in total. The summed E-state index contributed by atoms with van der Waals surface area (Å²) in [5.41, 5.74) is 1.38. The van der Waals surface area contributed by atoms with Crippen molar-refractivity contribution in [3.05, 3.63) is 58.9 Å². The van der Waals surface area contributed by atoms with E-state index in [0.29, 0.717) is 6.04 Å². The summed E-state index contributed by atoms with van der Waals surface area (Å²) in [7, 11) is 0. The maximum Gasteiger partial charge on any atom is 0.134 e. The molecule has 3 rings (SSSR count). The highest BCUT2D eigenvalue weighted by molar-refractivity contribution is 7.07. The van der Waals surface area contributed by atoms with Gasteiger partial charge >= 0.3 is 0 Å². The average molecular weight is 268 g/mol. The van der Waals surface area contributed by atoms with Crippen LogP contribution in [0, 0.1) is 0 Å². The van der Waals surface area contributed by atoms with Crippen molar-refractivity contribution in [1.82, 2.24) is 4.98 Å². The van der Waals surface area contributed by atoms with Crippen molar-refractivity contribution in [1.29, 1.82) is 0 Å². The van der Waals surface area contributed by atoms with Crippen LogP contribution in [0.1, 0.15) is 12.5 Å². The molecule has 2 aromatic heterocycles. The molecule has 0 saturated carbocycles. The zero-order valence-electron chi connectivity index (χ0n) is 10.8. The predicted molar refractivity (Wildman–Crippen MR) is 82.9 cm³/mol. The van der Waals surface area contributed by atoms with Gasteiger partial charge in [0.15, 0.2) is 0 Å². The van der Waals surface area contributed by atoms with Crippen LogP contribution >= 0.6 is 11.3 Å². The summed E-state index contributed by atoms with van der Waals surface area (Å²) in [6.07, 6.45) is 2.89. The van der Waals surface area contributed by atoms with E-state index in [4.69, 9.17) is 0 Å². The molecule has 1 aromatic carbocycles. The second kappa shape index (κ2) is 5.41.